The van der Waals surface area contributed by atoms with Crippen molar-refractivity contribution in [2.75, 3.05) is 6.61 Å². The van der Waals surface area contributed by atoms with Crippen LogP contribution in [0.3, 0.4) is 0 Å². The van der Waals surface area contributed by atoms with Gasteiger partial charge in [0, 0.05) is 18.5 Å². The van der Waals surface area contributed by atoms with E-state index in [-0.39, 0.29) is 6.61 Å². The number of fused-ring (bicyclic) bond motifs is 1. The van der Waals surface area contributed by atoms with Gasteiger partial charge in [-0.25, -0.2) is 4.98 Å². The van der Waals surface area contributed by atoms with E-state index in [1.165, 1.54) is 0 Å². The lowest BCUT2D eigenvalue weighted by Crippen LogP contribution is -2.00. The topological polar surface area (TPSA) is 38.0 Å². The van der Waals surface area contributed by atoms with Crippen LogP contribution in [0.1, 0.15) is 5.82 Å². The quantitative estimate of drug-likeness (QED) is 0.821. The summed E-state index contributed by atoms with van der Waals surface area (Å²) in [5.41, 5.74) is 1.92. The summed E-state index contributed by atoms with van der Waals surface area (Å²) in [6, 6.07) is 5.59. The maximum absolute atomic E-state index is 8.84. The summed E-state index contributed by atoms with van der Waals surface area (Å²) in [7, 11) is 1.93. The third kappa shape index (κ3) is 1.49. The molecule has 3 nitrogen and oxygen atoms in total. The summed E-state index contributed by atoms with van der Waals surface area (Å²) in [5.74, 6) is 0.879. The van der Waals surface area contributed by atoms with Crippen molar-refractivity contribution in [3.8, 4) is 0 Å². The smallest absolute Gasteiger partial charge is 0.111 e. The average molecular weight is 211 g/mol. The van der Waals surface area contributed by atoms with Crippen LogP contribution in [0, 0.1) is 0 Å². The predicted molar refractivity (Wildman–Crippen MR) is 56.5 cm³/mol. The first-order chi connectivity index (χ1) is 6.72. The highest BCUT2D eigenvalue weighted by molar-refractivity contribution is 6.31. The van der Waals surface area contributed by atoms with Gasteiger partial charge in [-0.1, -0.05) is 11.6 Å². The lowest BCUT2D eigenvalue weighted by atomic mass is 10.3. The predicted octanol–water partition coefficient (Wildman–Crippen LogP) is 1.76. The molecule has 2 aromatic rings. The van der Waals surface area contributed by atoms with Gasteiger partial charge in [-0.2, -0.15) is 0 Å². The first-order valence-electron chi connectivity index (χ1n) is 4.44. The number of halogens is 1. The highest BCUT2D eigenvalue weighted by Gasteiger charge is 2.06. The van der Waals surface area contributed by atoms with Crippen molar-refractivity contribution in [3.63, 3.8) is 0 Å². The fourth-order valence-electron chi connectivity index (χ4n) is 1.54. The first-order valence-corrected chi connectivity index (χ1v) is 4.82. The summed E-state index contributed by atoms with van der Waals surface area (Å²) < 4.78 is 1.96. The number of aliphatic hydroxyl groups excluding tert-OH is 1. The van der Waals surface area contributed by atoms with Gasteiger partial charge >= 0.3 is 0 Å². The second-order valence-corrected chi connectivity index (χ2v) is 3.63. The van der Waals surface area contributed by atoms with Gasteiger partial charge in [-0.15, -0.1) is 0 Å². The molecule has 0 atom stereocenters. The van der Waals surface area contributed by atoms with Crippen LogP contribution in [0.4, 0.5) is 0 Å². The molecule has 0 amide bonds. The standard InChI is InChI=1S/C10H11ClN2O/c1-13-9-6-7(11)2-3-8(9)12-10(13)4-5-14/h2-3,6,14H,4-5H2,1H3. The van der Waals surface area contributed by atoms with Crippen molar-refractivity contribution in [1.82, 2.24) is 9.55 Å². The van der Waals surface area contributed by atoms with Gasteiger partial charge in [0.05, 0.1) is 17.6 Å². The molecule has 0 saturated heterocycles. The second kappa shape index (κ2) is 3.59. The van der Waals surface area contributed by atoms with E-state index in [1.807, 2.05) is 29.8 Å². The lowest BCUT2D eigenvalue weighted by Gasteiger charge is -1.99. The highest BCUT2D eigenvalue weighted by atomic mass is 35.5. The molecule has 0 aliphatic carbocycles. The summed E-state index contributed by atoms with van der Waals surface area (Å²) in [6.45, 7) is 0.116. The van der Waals surface area contributed by atoms with Crippen molar-refractivity contribution >= 4 is 22.6 Å². The zero-order valence-corrected chi connectivity index (χ0v) is 8.62. The number of aliphatic hydroxyl groups is 1. The van der Waals surface area contributed by atoms with Crippen LogP contribution in [-0.4, -0.2) is 21.3 Å². The Labute approximate surface area is 86.9 Å². The molecule has 0 radical (unpaired) electrons. The number of hydrogen-bond donors (Lipinski definition) is 1. The second-order valence-electron chi connectivity index (χ2n) is 3.19. The zero-order valence-electron chi connectivity index (χ0n) is 7.87. The molecule has 0 bridgehead atoms. The fraction of sp³-hybridized carbons (Fsp3) is 0.300. The summed E-state index contributed by atoms with van der Waals surface area (Å²) in [5, 5.41) is 9.55. The molecule has 0 fully saturated rings. The Morgan fingerprint density at radius 3 is 3.00 bits per heavy atom. The number of hydrogen-bond acceptors (Lipinski definition) is 2. The Hall–Kier alpha value is -1.06. The molecule has 1 heterocycles. The van der Waals surface area contributed by atoms with E-state index in [1.54, 1.807) is 0 Å². The monoisotopic (exact) mass is 210 g/mol. The largest absolute Gasteiger partial charge is 0.396 e. The van der Waals surface area contributed by atoms with Crippen molar-refractivity contribution in [2.45, 2.75) is 6.42 Å². The fourth-order valence-corrected chi connectivity index (χ4v) is 1.70. The van der Waals surface area contributed by atoms with Gasteiger partial charge < -0.3 is 9.67 Å². The van der Waals surface area contributed by atoms with Gasteiger partial charge in [0.25, 0.3) is 0 Å². The molecule has 0 aliphatic rings. The Morgan fingerprint density at radius 2 is 2.29 bits per heavy atom. The summed E-state index contributed by atoms with van der Waals surface area (Å²) in [6.07, 6.45) is 0.572. The number of aryl methyl sites for hydroxylation is 1. The van der Waals surface area contributed by atoms with Crippen LogP contribution in [0.25, 0.3) is 11.0 Å². The Balaban J connectivity index is 2.62. The molecule has 4 heteroatoms. The van der Waals surface area contributed by atoms with Crippen LogP contribution in [-0.2, 0) is 13.5 Å². The van der Waals surface area contributed by atoms with Gasteiger partial charge in [0.15, 0.2) is 0 Å². The van der Waals surface area contributed by atoms with E-state index in [0.29, 0.717) is 11.4 Å². The molecule has 0 aliphatic heterocycles. The molecule has 74 valence electrons. The van der Waals surface area contributed by atoms with Crippen LogP contribution in [0.15, 0.2) is 18.2 Å². The van der Waals surface area contributed by atoms with Crippen LogP contribution >= 0.6 is 11.6 Å². The van der Waals surface area contributed by atoms with Crippen LogP contribution < -0.4 is 0 Å². The van der Waals surface area contributed by atoms with Gasteiger partial charge in [-0.05, 0) is 18.2 Å². The third-order valence-corrected chi connectivity index (χ3v) is 2.51. The highest BCUT2D eigenvalue weighted by Crippen LogP contribution is 2.19. The third-order valence-electron chi connectivity index (χ3n) is 2.27. The number of rotatable bonds is 2. The number of benzene rings is 1. The molecule has 14 heavy (non-hydrogen) atoms. The lowest BCUT2D eigenvalue weighted by molar-refractivity contribution is 0.295. The Kier molecular flexibility index (Phi) is 2.44. The van der Waals surface area contributed by atoms with E-state index in [9.17, 15) is 0 Å². The first kappa shape index (κ1) is 9.49. The van der Waals surface area contributed by atoms with Crippen molar-refractivity contribution < 1.29 is 5.11 Å². The molecule has 0 saturated carbocycles. The minimum Gasteiger partial charge on any atom is -0.396 e. The summed E-state index contributed by atoms with van der Waals surface area (Å²) >= 11 is 5.89. The maximum Gasteiger partial charge on any atom is 0.111 e. The number of nitrogens with zero attached hydrogens (tertiary/aromatic N) is 2. The Morgan fingerprint density at radius 1 is 1.50 bits per heavy atom. The van der Waals surface area contributed by atoms with Crippen molar-refractivity contribution in [2.24, 2.45) is 7.05 Å². The molecule has 1 aromatic heterocycles. The van der Waals surface area contributed by atoms with E-state index in [0.717, 1.165) is 16.9 Å². The van der Waals surface area contributed by atoms with E-state index in [4.69, 9.17) is 16.7 Å². The van der Waals surface area contributed by atoms with Crippen LogP contribution in [0.2, 0.25) is 5.02 Å². The zero-order chi connectivity index (χ0) is 10.1. The van der Waals surface area contributed by atoms with Crippen molar-refractivity contribution in [1.29, 1.82) is 0 Å². The summed E-state index contributed by atoms with van der Waals surface area (Å²) in [4.78, 5) is 4.39. The van der Waals surface area contributed by atoms with Gasteiger partial charge in [0.2, 0.25) is 0 Å². The number of imidazole rings is 1. The minimum absolute atomic E-state index is 0.116. The SMILES string of the molecule is Cn1c(CCO)nc2ccc(Cl)cc21. The minimum atomic E-state index is 0.116. The van der Waals surface area contributed by atoms with E-state index >= 15 is 0 Å². The average Bonchev–Trinajstić information content (AvgIpc) is 2.46. The molecule has 0 unspecified atom stereocenters. The maximum atomic E-state index is 8.84. The molecular formula is C10H11ClN2O. The molecular weight excluding hydrogens is 200 g/mol. The number of aromatic nitrogens is 2. The van der Waals surface area contributed by atoms with E-state index in [2.05, 4.69) is 4.98 Å². The molecule has 1 aromatic carbocycles. The normalized spacial score (nSPS) is 11.1. The van der Waals surface area contributed by atoms with Gasteiger partial charge in [-0.3, -0.25) is 0 Å². The molecule has 2 rings (SSSR count). The van der Waals surface area contributed by atoms with E-state index < -0.39 is 0 Å². The Bertz CT molecular complexity index is 464. The van der Waals surface area contributed by atoms with Gasteiger partial charge in [0.1, 0.15) is 5.82 Å². The van der Waals surface area contributed by atoms with Crippen molar-refractivity contribution in [3.05, 3.63) is 29.0 Å². The molecule has 0 spiro atoms. The molecule has 1 N–H and O–H groups in total. The van der Waals surface area contributed by atoms with Crippen LogP contribution in [0.5, 0.6) is 0 Å².